The van der Waals surface area contributed by atoms with Gasteiger partial charge in [0.05, 0.1) is 13.5 Å². The maximum absolute atomic E-state index is 12.1. The number of rotatable bonds is 7. The molecule has 0 bridgehead atoms. The van der Waals surface area contributed by atoms with Gasteiger partial charge in [0.15, 0.2) is 0 Å². The second-order valence-corrected chi connectivity index (χ2v) is 5.93. The maximum Gasteiger partial charge on any atom is 0.251 e. The summed E-state index contributed by atoms with van der Waals surface area (Å²) in [4.78, 5) is 24.2. The van der Waals surface area contributed by atoms with E-state index in [1.165, 1.54) is 0 Å². The molecule has 0 saturated heterocycles. The van der Waals surface area contributed by atoms with Gasteiger partial charge in [0.25, 0.3) is 5.91 Å². The molecular weight excluding hydrogens is 316 g/mol. The van der Waals surface area contributed by atoms with Crippen LogP contribution in [0.4, 0.5) is 5.69 Å². The van der Waals surface area contributed by atoms with Crippen LogP contribution in [-0.4, -0.2) is 25.0 Å². The SMILES string of the molecule is CC[C@@H](C)NC(=O)c1ccc(NC(=O)Cc2ccc(OC)cc2)cc1. The fraction of sp³-hybridized carbons (Fsp3) is 0.300. The molecule has 0 saturated carbocycles. The molecule has 5 heteroatoms. The van der Waals surface area contributed by atoms with Gasteiger partial charge in [0.2, 0.25) is 5.91 Å². The van der Waals surface area contributed by atoms with Gasteiger partial charge in [-0.15, -0.1) is 0 Å². The molecule has 1 atom stereocenters. The van der Waals surface area contributed by atoms with E-state index in [9.17, 15) is 9.59 Å². The monoisotopic (exact) mass is 340 g/mol. The Balaban J connectivity index is 1.91. The number of carbonyl (C=O) groups excluding carboxylic acids is 2. The van der Waals surface area contributed by atoms with Crippen LogP contribution in [-0.2, 0) is 11.2 Å². The lowest BCUT2D eigenvalue weighted by atomic mass is 10.1. The van der Waals surface area contributed by atoms with Crippen molar-refractivity contribution in [1.29, 1.82) is 0 Å². The van der Waals surface area contributed by atoms with Crippen molar-refractivity contribution in [1.82, 2.24) is 5.32 Å². The van der Waals surface area contributed by atoms with Gasteiger partial charge in [-0.2, -0.15) is 0 Å². The van der Waals surface area contributed by atoms with Crippen LogP contribution in [0, 0.1) is 0 Å². The number of ether oxygens (including phenoxy) is 1. The van der Waals surface area contributed by atoms with Crippen LogP contribution in [0.1, 0.15) is 36.2 Å². The third-order valence-electron chi connectivity index (χ3n) is 3.94. The predicted octanol–water partition coefficient (Wildman–Crippen LogP) is 3.40. The summed E-state index contributed by atoms with van der Waals surface area (Å²) in [6.07, 6.45) is 1.16. The Kier molecular flexibility index (Phi) is 6.57. The number of nitrogens with one attached hydrogen (secondary N) is 2. The summed E-state index contributed by atoms with van der Waals surface area (Å²) >= 11 is 0. The number of hydrogen-bond acceptors (Lipinski definition) is 3. The molecule has 2 aromatic rings. The van der Waals surface area contributed by atoms with Crippen LogP contribution in [0.15, 0.2) is 48.5 Å². The molecule has 132 valence electrons. The molecule has 0 aliphatic carbocycles. The predicted molar refractivity (Wildman–Crippen MR) is 99.0 cm³/mol. The molecule has 0 aliphatic rings. The Morgan fingerprint density at radius 1 is 1.04 bits per heavy atom. The summed E-state index contributed by atoms with van der Waals surface area (Å²) < 4.78 is 5.10. The van der Waals surface area contributed by atoms with E-state index >= 15 is 0 Å². The normalized spacial score (nSPS) is 11.5. The Bertz CT molecular complexity index is 709. The molecule has 0 radical (unpaired) electrons. The summed E-state index contributed by atoms with van der Waals surface area (Å²) in [5.41, 5.74) is 2.15. The van der Waals surface area contributed by atoms with Crippen molar-refractivity contribution < 1.29 is 14.3 Å². The molecule has 0 fully saturated rings. The molecule has 2 amide bonds. The van der Waals surface area contributed by atoms with E-state index in [-0.39, 0.29) is 24.3 Å². The first-order chi connectivity index (χ1) is 12.0. The average Bonchev–Trinajstić information content (AvgIpc) is 2.62. The van der Waals surface area contributed by atoms with E-state index < -0.39 is 0 Å². The van der Waals surface area contributed by atoms with E-state index in [4.69, 9.17) is 4.74 Å². The third-order valence-corrected chi connectivity index (χ3v) is 3.94. The molecule has 25 heavy (non-hydrogen) atoms. The van der Waals surface area contributed by atoms with E-state index in [2.05, 4.69) is 10.6 Å². The molecule has 0 aromatic heterocycles. The zero-order valence-electron chi connectivity index (χ0n) is 14.8. The molecule has 0 unspecified atom stereocenters. The summed E-state index contributed by atoms with van der Waals surface area (Å²) in [7, 11) is 1.61. The minimum Gasteiger partial charge on any atom is -0.497 e. The summed E-state index contributed by atoms with van der Waals surface area (Å²) in [6, 6.07) is 14.4. The second kappa shape index (κ2) is 8.87. The van der Waals surface area contributed by atoms with Crippen LogP contribution in [0.2, 0.25) is 0 Å². The van der Waals surface area contributed by atoms with Crippen LogP contribution < -0.4 is 15.4 Å². The number of amides is 2. The van der Waals surface area contributed by atoms with Crippen LogP contribution >= 0.6 is 0 Å². The van der Waals surface area contributed by atoms with E-state index in [1.54, 1.807) is 31.4 Å². The molecule has 5 nitrogen and oxygen atoms in total. The Morgan fingerprint density at radius 2 is 1.68 bits per heavy atom. The highest BCUT2D eigenvalue weighted by Crippen LogP contribution is 2.14. The highest BCUT2D eigenvalue weighted by molar-refractivity contribution is 5.96. The van der Waals surface area contributed by atoms with Gasteiger partial charge in [-0.3, -0.25) is 9.59 Å². The second-order valence-electron chi connectivity index (χ2n) is 5.93. The fourth-order valence-corrected chi connectivity index (χ4v) is 2.25. The molecule has 2 rings (SSSR count). The van der Waals surface area contributed by atoms with Crippen molar-refractivity contribution in [2.45, 2.75) is 32.7 Å². The van der Waals surface area contributed by atoms with E-state index in [0.29, 0.717) is 11.3 Å². The van der Waals surface area contributed by atoms with Gasteiger partial charge in [-0.1, -0.05) is 19.1 Å². The molecule has 2 N–H and O–H groups in total. The first-order valence-electron chi connectivity index (χ1n) is 8.35. The number of anilines is 1. The maximum atomic E-state index is 12.1. The number of methoxy groups -OCH3 is 1. The standard InChI is InChI=1S/C20H24N2O3/c1-4-14(2)21-20(24)16-7-9-17(10-8-16)22-19(23)13-15-5-11-18(25-3)12-6-15/h5-12,14H,4,13H2,1-3H3,(H,21,24)(H,22,23)/t14-/m1/s1. The molecular formula is C20H24N2O3. The summed E-state index contributed by atoms with van der Waals surface area (Å²) in [6.45, 7) is 3.98. The molecule has 2 aromatic carbocycles. The molecule has 0 spiro atoms. The van der Waals surface area contributed by atoms with Crippen LogP contribution in [0.3, 0.4) is 0 Å². The van der Waals surface area contributed by atoms with Crippen molar-refractivity contribution in [3.63, 3.8) is 0 Å². The quantitative estimate of drug-likeness (QED) is 0.812. The smallest absolute Gasteiger partial charge is 0.251 e. The first-order valence-corrected chi connectivity index (χ1v) is 8.35. The van der Waals surface area contributed by atoms with Crippen molar-refractivity contribution >= 4 is 17.5 Å². The topological polar surface area (TPSA) is 67.4 Å². The number of hydrogen-bond donors (Lipinski definition) is 2. The van der Waals surface area contributed by atoms with Gasteiger partial charge in [0.1, 0.15) is 5.75 Å². The van der Waals surface area contributed by atoms with Crippen molar-refractivity contribution in [2.75, 3.05) is 12.4 Å². The Morgan fingerprint density at radius 3 is 2.24 bits per heavy atom. The van der Waals surface area contributed by atoms with E-state index in [0.717, 1.165) is 17.7 Å². The van der Waals surface area contributed by atoms with Gasteiger partial charge in [0, 0.05) is 17.3 Å². The Labute approximate surface area is 148 Å². The zero-order chi connectivity index (χ0) is 18.2. The largest absolute Gasteiger partial charge is 0.497 e. The molecule has 0 heterocycles. The van der Waals surface area contributed by atoms with Crippen LogP contribution in [0.25, 0.3) is 0 Å². The van der Waals surface area contributed by atoms with E-state index in [1.807, 2.05) is 38.1 Å². The minimum absolute atomic E-state index is 0.106. The van der Waals surface area contributed by atoms with Crippen molar-refractivity contribution in [3.05, 3.63) is 59.7 Å². The lowest BCUT2D eigenvalue weighted by Crippen LogP contribution is -2.31. The third kappa shape index (κ3) is 5.64. The lowest BCUT2D eigenvalue weighted by molar-refractivity contribution is -0.115. The van der Waals surface area contributed by atoms with Crippen LogP contribution in [0.5, 0.6) is 5.75 Å². The highest BCUT2D eigenvalue weighted by Gasteiger charge is 2.09. The van der Waals surface area contributed by atoms with Gasteiger partial charge >= 0.3 is 0 Å². The first kappa shape index (κ1) is 18.5. The van der Waals surface area contributed by atoms with Crippen molar-refractivity contribution in [3.8, 4) is 5.75 Å². The minimum atomic E-state index is -0.109. The highest BCUT2D eigenvalue weighted by atomic mass is 16.5. The summed E-state index contributed by atoms with van der Waals surface area (Å²) in [5.74, 6) is 0.544. The van der Waals surface area contributed by atoms with Gasteiger partial charge in [-0.25, -0.2) is 0 Å². The lowest BCUT2D eigenvalue weighted by Gasteiger charge is -2.12. The average molecular weight is 340 g/mol. The zero-order valence-corrected chi connectivity index (χ0v) is 14.8. The molecule has 0 aliphatic heterocycles. The number of benzene rings is 2. The fourth-order valence-electron chi connectivity index (χ4n) is 2.25. The Hall–Kier alpha value is -2.82. The van der Waals surface area contributed by atoms with Crippen molar-refractivity contribution in [2.24, 2.45) is 0 Å². The summed E-state index contributed by atoms with van der Waals surface area (Å²) in [5, 5.41) is 5.75. The van der Waals surface area contributed by atoms with Gasteiger partial charge in [-0.05, 0) is 55.3 Å². The number of carbonyl (C=O) groups is 2. The van der Waals surface area contributed by atoms with Gasteiger partial charge < -0.3 is 15.4 Å².